The Balaban J connectivity index is 1.67. The maximum Gasteiger partial charge on any atom is 0.343 e. The third-order valence-corrected chi connectivity index (χ3v) is 4.92. The second-order valence-electron chi connectivity index (χ2n) is 6.00. The van der Waals surface area contributed by atoms with Crippen LogP contribution >= 0.6 is 11.3 Å². The third-order valence-electron chi connectivity index (χ3n) is 4.10. The highest BCUT2D eigenvalue weighted by Gasteiger charge is 2.18. The van der Waals surface area contributed by atoms with Crippen molar-refractivity contribution < 1.29 is 14.3 Å². The molecule has 1 aromatic carbocycles. The van der Waals surface area contributed by atoms with Gasteiger partial charge in [-0.25, -0.2) is 19.3 Å². The third kappa shape index (κ3) is 3.74. The molecular weight excluding hydrogens is 392 g/mol. The number of benzene rings is 1. The van der Waals surface area contributed by atoms with Crippen LogP contribution in [0.1, 0.15) is 23.1 Å². The van der Waals surface area contributed by atoms with Crippen molar-refractivity contribution in [1.29, 1.82) is 0 Å². The quantitative estimate of drug-likeness (QED) is 0.482. The van der Waals surface area contributed by atoms with Gasteiger partial charge in [0.05, 0.1) is 19.4 Å². The monoisotopic (exact) mass is 410 g/mol. The van der Waals surface area contributed by atoms with Crippen molar-refractivity contribution >= 4 is 34.0 Å². The van der Waals surface area contributed by atoms with Gasteiger partial charge in [-0.05, 0) is 38.1 Å². The molecule has 0 aliphatic heterocycles. The highest BCUT2D eigenvalue weighted by molar-refractivity contribution is 7.15. The topological polar surface area (TPSA) is 104 Å². The van der Waals surface area contributed by atoms with Gasteiger partial charge in [-0.2, -0.15) is 4.98 Å². The first kappa shape index (κ1) is 18.8. The second-order valence-corrected chi connectivity index (χ2v) is 6.84. The molecule has 4 rings (SSSR count). The number of aryl methyl sites for hydroxylation is 1. The molecule has 3 aromatic heterocycles. The molecule has 0 aliphatic rings. The van der Waals surface area contributed by atoms with Crippen molar-refractivity contribution in [3.63, 3.8) is 0 Å². The molecule has 0 aliphatic carbocycles. The number of thiazole rings is 1. The maximum atomic E-state index is 12.2. The van der Waals surface area contributed by atoms with Gasteiger partial charge in [-0.15, -0.1) is 16.4 Å². The van der Waals surface area contributed by atoms with Crippen molar-refractivity contribution in [2.24, 2.45) is 0 Å². The Morgan fingerprint density at radius 1 is 1.24 bits per heavy atom. The number of carbonyl (C=O) groups is 1. The molecule has 9 nitrogen and oxygen atoms in total. The Labute approximate surface area is 170 Å². The lowest BCUT2D eigenvalue weighted by atomic mass is 10.2. The first-order valence-corrected chi connectivity index (χ1v) is 9.73. The summed E-state index contributed by atoms with van der Waals surface area (Å²) in [7, 11) is 1.63. The van der Waals surface area contributed by atoms with E-state index in [1.807, 2.05) is 29.6 Å². The number of aromatic nitrogens is 5. The minimum absolute atomic E-state index is 0.228. The molecule has 0 bridgehead atoms. The zero-order valence-corrected chi connectivity index (χ0v) is 16.9. The Morgan fingerprint density at radius 3 is 2.76 bits per heavy atom. The molecule has 0 spiro atoms. The number of nitrogens with one attached hydrogen (secondary N) is 1. The fourth-order valence-corrected chi connectivity index (χ4v) is 3.56. The van der Waals surface area contributed by atoms with Crippen molar-refractivity contribution in [1.82, 2.24) is 24.6 Å². The SMILES string of the molecule is CCOC(=O)c1cnc(C)nc1Nc1nc2scc(-c3ccc(OC)cc3)n2n1. The minimum Gasteiger partial charge on any atom is -0.497 e. The molecule has 4 aromatic rings. The summed E-state index contributed by atoms with van der Waals surface area (Å²) in [5.74, 6) is 1.43. The number of hydrogen-bond donors (Lipinski definition) is 1. The first-order chi connectivity index (χ1) is 14.1. The van der Waals surface area contributed by atoms with E-state index in [9.17, 15) is 4.79 Å². The number of hydrogen-bond acceptors (Lipinski definition) is 9. The van der Waals surface area contributed by atoms with Crippen molar-refractivity contribution in [3.8, 4) is 17.0 Å². The molecule has 0 saturated heterocycles. The Bertz CT molecular complexity index is 1170. The highest BCUT2D eigenvalue weighted by Crippen LogP contribution is 2.28. The number of carbonyl (C=O) groups excluding carboxylic acids is 1. The number of nitrogens with zero attached hydrogens (tertiary/aromatic N) is 5. The summed E-state index contributed by atoms with van der Waals surface area (Å²) in [4.78, 5) is 25.8. The molecule has 0 amide bonds. The van der Waals surface area contributed by atoms with Crippen LogP contribution in [0.2, 0.25) is 0 Å². The summed E-state index contributed by atoms with van der Waals surface area (Å²) in [6, 6.07) is 7.71. The van der Waals surface area contributed by atoms with E-state index in [-0.39, 0.29) is 12.2 Å². The van der Waals surface area contributed by atoms with Crippen LogP contribution in [0.4, 0.5) is 11.8 Å². The summed E-state index contributed by atoms with van der Waals surface area (Å²) >= 11 is 1.47. The normalized spacial score (nSPS) is 10.9. The van der Waals surface area contributed by atoms with E-state index in [2.05, 4.69) is 25.4 Å². The van der Waals surface area contributed by atoms with Gasteiger partial charge in [0, 0.05) is 17.1 Å². The molecule has 10 heteroatoms. The standard InChI is InChI=1S/C19H18N6O3S/c1-4-28-17(26)14-9-20-11(2)21-16(14)22-18-23-19-25(24-18)15(10-29-19)12-5-7-13(27-3)8-6-12/h5-10H,4H2,1-3H3,(H,20,21,22,24). The van der Waals surface area contributed by atoms with Crippen LogP contribution in [-0.2, 0) is 4.74 Å². The molecule has 0 unspecified atom stereocenters. The fourth-order valence-electron chi connectivity index (χ4n) is 2.72. The molecule has 148 valence electrons. The van der Waals surface area contributed by atoms with Gasteiger partial charge in [0.25, 0.3) is 0 Å². The van der Waals surface area contributed by atoms with Gasteiger partial charge in [0.2, 0.25) is 10.9 Å². The van der Waals surface area contributed by atoms with E-state index in [1.54, 1.807) is 25.5 Å². The summed E-state index contributed by atoms with van der Waals surface area (Å²) in [5.41, 5.74) is 2.11. The van der Waals surface area contributed by atoms with Gasteiger partial charge >= 0.3 is 5.97 Å². The Kier molecular flexibility index (Phi) is 5.09. The predicted octanol–water partition coefficient (Wildman–Crippen LogP) is 3.49. The van der Waals surface area contributed by atoms with Crippen molar-refractivity contribution in [3.05, 3.63) is 47.2 Å². The van der Waals surface area contributed by atoms with Gasteiger partial charge in [-0.1, -0.05) is 0 Å². The highest BCUT2D eigenvalue weighted by atomic mass is 32.1. The minimum atomic E-state index is -0.505. The molecular formula is C19H18N6O3S. The van der Waals surface area contributed by atoms with Gasteiger partial charge in [-0.3, -0.25) is 0 Å². The van der Waals surface area contributed by atoms with Crippen LogP contribution in [0, 0.1) is 6.92 Å². The van der Waals surface area contributed by atoms with E-state index >= 15 is 0 Å². The summed E-state index contributed by atoms with van der Waals surface area (Å²) in [6.07, 6.45) is 1.43. The largest absolute Gasteiger partial charge is 0.497 e. The van der Waals surface area contributed by atoms with Crippen LogP contribution in [0.3, 0.4) is 0 Å². The average Bonchev–Trinajstić information content (AvgIpc) is 3.28. The number of fused-ring (bicyclic) bond motifs is 1. The van der Waals surface area contributed by atoms with Crippen LogP contribution in [-0.4, -0.2) is 44.3 Å². The van der Waals surface area contributed by atoms with E-state index < -0.39 is 5.97 Å². The lowest BCUT2D eigenvalue weighted by molar-refractivity contribution is 0.0526. The van der Waals surface area contributed by atoms with Crippen LogP contribution < -0.4 is 10.1 Å². The summed E-state index contributed by atoms with van der Waals surface area (Å²) in [6.45, 7) is 3.74. The molecule has 0 atom stereocenters. The smallest absolute Gasteiger partial charge is 0.343 e. The Morgan fingerprint density at radius 2 is 2.03 bits per heavy atom. The van der Waals surface area contributed by atoms with Crippen molar-refractivity contribution in [2.45, 2.75) is 13.8 Å². The number of methoxy groups -OCH3 is 1. The first-order valence-electron chi connectivity index (χ1n) is 8.85. The molecule has 0 radical (unpaired) electrons. The number of esters is 1. The van der Waals surface area contributed by atoms with Crippen molar-refractivity contribution in [2.75, 3.05) is 19.0 Å². The number of ether oxygens (including phenoxy) is 2. The lowest BCUT2D eigenvalue weighted by Crippen LogP contribution is -2.11. The van der Waals surface area contributed by atoms with E-state index in [1.165, 1.54) is 17.5 Å². The zero-order chi connectivity index (χ0) is 20.4. The van der Waals surface area contributed by atoms with Crippen LogP contribution in [0.5, 0.6) is 5.75 Å². The maximum absolute atomic E-state index is 12.2. The van der Waals surface area contributed by atoms with Gasteiger partial charge < -0.3 is 14.8 Å². The molecule has 3 heterocycles. The fraction of sp³-hybridized carbons (Fsp3) is 0.211. The van der Waals surface area contributed by atoms with Gasteiger partial charge in [0.1, 0.15) is 17.1 Å². The molecule has 29 heavy (non-hydrogen) atoms. The zero-order valence-electron chi connectivity index (χ0n) is 16.0. The van der Waals surface area contributed by atoms with Crippen LogP contribution in [0.25, 0.3) is 16.2 Å². The summed E-state index contributed by atoms with van der Waals surface area (Å²) in [5, 5.41) is 9.53. The Hall–Kier alpha value is -3.53. The molecule has 1 N–H and O–H groups in total. The molecule has 0 fully saturated rings. The van der Waals surface area contributed by atoms with E-state index in [4.69, 9.17) is 9.47 Å². The molecule has 0 saturated carbocycles. The van der Waals surface area contributed by atoms with Crippen LogP contribution in [0.15, 0.2) is 35.8 Å². The van der Waals surface area contributed by atoms with E-state index in [0.717, 1.165) is 17.0 Å². The summed E-state index contributed by atoms with van der Waals surface area (Å²) < 4.78 is 12.0. The lowest BCUT2D eigenvalue weighted by Gasteiger charge is -2.08. The van der Waals surface area contributed by atoms with Gasteiger partial charge in [0.15, 0.2) is 5.82 Å². The number of anilines is 2. The second kappa shape index (κ2) is 7.84. The van der Waals surface area contributed by atoms with E-state index in [0.29, 0.717) is 22.6 Å². The predicted molar refractivity (Wildman–Crippen MR) is 109 cm³/mol. The average molecular weight is 410 g/mol. The number of rotatable bonds is 6.